The average molecular weight is 960 g/mol. The minimum absolute atomic E-state index is 0. The van der Waals surface area contributed by atoms with Gasteiger partial charge in [0, 0.05) is 47.5 Å². The first-order valence-electron chi connectivity index (χ1n) is 24.2. The first-order valence-corrected chi connectivity index (χ1v) is 24.2. The number of hydrogen-bond acceptors (Lipinski definition) is 12. The second-order valence-electron chi connectivity index (χ2n) is 20.5. The van der Waals surface area contributed by atoms with E-state index in [1.807, 2.05) is 55.4 Å². The molecular formula is C50H73F3NNaO12. The van der Waals surface area contributed by atoms with Gasteiger partial charge in [0.25, 0.3) is 5.91 Å². The third-order valence-corrected chi connectivity index (χ3v) is 16.1. The molecule has 0 bridgehead atoms. The van der Waals surface area contributed by atoms with E-state index in [4.69, 9.17) is 23.7 Å². The molecule has 18 atom stereocenters. The van der Waals surface area contributed by atoms with E-state index in [1.54, 1.807) is 26.0 Å². The molecule has 0 radical (unpaired) electrons. The Bertz CT molecular complexity index is 1910. The maximum atomic E-state index is 14.7. The zero-order valence-corrected chi connectivity index (χ0v) is 43.2. The summed E-state index contributed by atoms with van der Waals surface area (Å²) in [7, 11) is 0. The molecule has 1 aromatic rings. The van der Waals surface area contributed by atoms with Gasteiger partial charge in [-0.15, -0.1) is 13.2 Å². The van der Waals surface area contributed by atoms with Crippen molar-refractivity contribution in [1.29, 1.82) is 0 Å². The Balaban J connectivity index is 0.00000840. The molecule has 5 aliphatic rings. The molecule has 4 saturated heterocycles. The van der Waals surface area contributed by atoms with Crippen molar-refractivity contribution in [1.82, 2.24) is 5.32 Å². The predicted molar refractivity (Wildman–Crippen MR) is 234 cm³/mol. The monoisotopic (exact) mass is 959 g/mol. The quantitative estimate of drug-likeness (QED) is 0.169. The van der Waals surface area contributed by atoms with Crippen LogP contribution >= 0.6 is 0 Å². The standard InChI is InChI=1S/C50H74F3NO12.Na/c1-11-35(45(58)59)37-19-14-27(4)42(62-37)31(8)40(55)30(7)41(56)36(12-2)43-28(5)26-29(6)48(64-43)23-20-38(54-44(57)33-15-17-34(18-16-33)63-50(51,52)53)49(66-48)25-24-46(10,65-49)39-21-22-47(60,13-3)32(9)61-39;/h15-18,20,23,27-32,35-40,42-43,55,60H,11-14,19,21-22,24-26H2,1-10H3,(H,54,57)(H,58,59);/q;+1/p-1/t27-,28-,29+,30-,31-,32-,35+,36-,37+,38-,39+,40+,42+,43-,46-,47+,48-,49-;/m0./s1. The van der Waals surface area contributed by atoms with E-state index in [9.17, 15) is 42.9 Å². The Hall–Kier alpha value is -2.12. The number of carbonyl (C=O) groups excluding carboxylic acids is 3. The summed E-state index contributed by atoms with van der Waals surface area (Å²) < 4.78 is 77.0. The number of hydrogen-bond donors (Lipinski definition) is 3. The van der Waals surface area contributed by atoms with Gasteiger partial charge in [-0.05, 0) is 114 Å². The number of carbonyl (C=O) groups is 3. The van der Waals surface area contributed by atoms with Crippen molar-refractivity contribution >= 4 is 17.7 Å². The molecule has 372 valence electrons. The van der Waals surface area contributed by atoms with Crippen LogP contribution in [0.2, 0.25) is 0 Å². The van der Waals surface area contributed by atoms with Crippen LogP contribution < -0.4 is 44.7 Å². The zero-order valence-electron chi connectivity index (χ0n) is 41.2. The fraction of sp³-hybridized carbons (Fsp3) is 0.780. The molecule has 0 aliphatic carbocycles. The number of alkyl halides is 3. The number of Topliss-reactive ketones (excluding diaryl/α,β-unsaturated/α-hetero) is 1. The number of nitrogens with one attached hydrogen (secondary N) is 1. The molecule has 13 nitrogen and oxygen atoms in total. The summed E-state index contributed by atoms with van der Waals surface area (Å²) in [4.78, 5) is 40.5. The molecule has 5 heterocycles. The number of ether oxygens (including phenoxy) is 6. The van der Waals surface area contributed by atoms with Crippen LogP contribution in [-0.4, -0.2) is 99.7 Å². The summed E-state index contributed by atoms with van der Waals surface area (Å²) >= 11 is 0. The van der Waals surface area contributed by atoms with Crippen molar-refractivity contribution in [2.24, 2.45) is 41.4 Å². The smallest absolute Gasteiger partial charge is 0.550 e. The molecule has 3 N–H and O–H groups in total. The Morgan fingerprint density at radius 2 is 1.57 bits per heavy atom. The zero-order chi connectivity index (χ0) is 48.7. The molecule has 6 rings (SSSR count). The van der Waals surface area contributed by atoms with Gasteiger partial charge in [-0.3, -0.25) is 9.59 Å². The predicted octanol–water partition coefficient (Wildman–Crippen LogP) is 4.19. The van der Waals surface area contributed by atoms with E-state index < -0.39 is 113 Å². The number of aliphatic carboxylic acids is 1. The van der Waals surface area contributed by atoms with Crippen LogP contribution in [0.25, 0.3) is 0 Å². The van der Waals surface area contributed by atoms with Gasteiger partial charge < -0.3 is 53.9 Å². The topological polar surface area (TPSA) is 182 Å². The Morgan fingerprint density at radius 1 is 0.910 bits per heavy atom. The largest absolute Gasteiger partial charge is 1.00 e. The van der Waals surface area contributed by atoms with E-state index in [-0.39, 0.29) is 65.1 Å². The van der Waals surface area contributed by atoms with Gasteiger partial charge in [-0.2, -0.15) is 0 Å². The van der Waals surface area contributed by atoms with Crippen LogP contribution in [0.3, 0.4) is 0 Å². The van der Waals surface area contributed by atoms with Gasteiger partial charge in [0.1, 0.15) is 17.6 Å². The minimum Gasteiger partial charge on any atom is -0.550 e. The van der Waals surface area contributed by atoms with Gasteiger partial charge in [-0.1, -0.05) is 61.5 Å². The number of carboxylic acids is 1. The van der Waals surface area contributed by atoms with Gasteiger partial charge in [0.2, 0.25) is 0 Å². The average Bonchev–Trinajstić information content (AvgIpc) is 3.60. The summed E-state index contributed by atoms with van der Waals surface area (Å²) in [5, 5.41) is 38.0. The van der Waals surface area contributed by atoms with Crippen molar-refractivity contribution in [2.75, 3.05) is 0 Å². The minimum atomic E-state index is -4.90. The van der Waals surface area contributed by atoms with Crippen molar-refractivity contribution in [3.8, 4) is 5.75 Å². The maximum Gasteiger partial charge on any atom is 1.00 e. The van der Waals surface area contributed by atoms with E-state index in [1.165, 1.54) is 12.1 Å². The van der Waals surface area contributed by atoms with Crippen molar-refractivity contribution in [3.63, 3.8) is 0 Å². The summed E-state index contributed by atoms with van der Waals surface area (Å²) in [5.74, 6) is -8.44. The number of amides is 1. The van der Waals surface area contributed by atoms with Crippen LogP contribution in [0.1, 0.15) is 144 Å². The normalized spacial score (nSPS) is 38.9. The Kier molecular flexibility index (Phi) is 18.1. The number of aliphatic hydroxyl groups excluding tert-OH is 1. The SMILES string of the molecule is CC[C@@H](C(=O)[C@@H](C)[C@@H](O)[C@H](C)[C@@H]1O[C@@H]([C@@H](CC)C(=O)[O-])CC[C@@H]1C)[C@H]1O[C@]2(C=C[C@H](NC(=O)c3ccc(OC(F)(F)F)cc3)[C@]3(CC[C@@](C)([C@H]4CC[C@](O)(CC)[C@H](C)O4)O3)O2)[C@H](C)C[C@@H]1C.[Na+]. The van der Waals surface area contributed by atoms with Crippen LogP contribution in [0.4, 0.5) is 13.2 Å². The van der Waals surface area contributed by atoms with Crippen LogP contribution in [0.5, 0.6) is 5.75 Å². The van der Waals surface area contributed by atoms with E-state index in [2.05, 4.69) is 10.1 Å². The second-order valence-corrected chi connectivity index (χ2v) is 20.5. The van der Waals surface area contributed by atoms with E-state index in [0.29, 0.717) is 51.4 Å². The molecule has 5 aliphatic heterocycles. The van der Waals surface area contributed by atoms with Gasteiger partial charge in [0.15, 0.2) is 11.6 Å². The van der Waals surface area contributed by atoms with Crippen molar-refractivity contribution in [3.05, 3.63) is 42.0 Å². The summed E-state index contributed by atoms with van der Waals surface area (Å²) in [6.45, 7) is 19.0. The van der Waals surface area contributed by atoms with Crippen LogP contribution in [-0.2, 0) is 33.3 Å². The third-order valence-electron chi connectivity index (χ3n) is 16.1. The molecule has 1 aromatic carbocycles. The molecule has 17 heteroatoms. The summed E-state index contributed by atoms with van der Waals surface area (Å²) in [6, 6.07) is 3.69. The van der Waals surface area contributed by atoms with Gasteiger partial charge >= 0.3 is 35.9 Å². The van der Waals surface area contributed by atoms with Crippen LogP contribution in [0.15, 0.2) is 36.4 Å². The molecule has 0 unspecified atom stereocenters. The molecule has 0 saturated carbocycles. The van der Waals surface area contributed by atoms with Gasteiger partial charge in [-0.25, -0.2) is 0 Å². The number of rotatable bonds is 15. The fourth-order valence-corrected chi connectivity index (χ4v) is 11.7. The number of carboxylic acid groups (broad SMARTS) is 1. The molecule has 0 aromatic heterocycles. The Morgan fingerprint density at radius 3 is 2.15 bits per heavy atom. The molecule has 1 amide bonds. The Labute approximate surface area is 416 Å². The fourth-order valence-electron chi connectivity index (χ4n) is 11.7. The van der Waals surface area contributed by atoms with Crippen molar-refractivity contribution < 1.29 is 101 Å². The molecular weight excluding hydrogens is 887 g/mol. The summed E-state index contributed by atoms with van der Waals surface area (Å²) in [6.07, 6.45) is -0.157. The summed E-state index contributed by atoms with van der Waals surface area (Å²) in [5.41, 5.74) is -1.85. The van der Waals surface area contributed by atoms with E-state index >= 15 is 0 Å². The van der Waals surface area contributed by atoms with Crippen LogP contribution in [0, 0.1) is 41.4 Å². The van der Waals surface area contributed by atoms with Crippen molar-refractivity contribution in [2.45, 2.75) is 205 Å². The number of aliphatic hydroxyl groups is 2. The first-order chi connectivity index (χ1) is 30.8. The molecule has 4 fully saturated rings. The second kappa shape index (κ2) is 21.7. The number of halogens is 3. The van der Waals surface area contributed by atoms with Gasteiger partial charge in [0.05, 0.1) is 47.8 Å². The molecule has 67 heavy (non-hydrogen) atoms. The maximum absolute atomic E-state index is 14.7. The number of ketones is 1. The molecule has 2 spiro atoms. The number of benzene rings is 1. The first kappa shape index (κ1) is 55.8. The third kappa shape index (κ3) is 11.7. The van der Waals surface area contributed by atoms with E-state index in [0.717, 1.165) is 18.6 Å².